The van der Waals surface area contributed by atoms with Crippen LogP contribution in [-0.4, -0.2) is 21.8 Å². The topological polar surface area (TPSA) is 71.1 Å². The fraction of sp³-hybridized carbons (Fsp3) is 0.111. The largest absolute Gasteiger partial charge is 0.504 e. The van der Waals surface area contributed by atoms with Crippen molar-refractivity contribution in [2.75, 3.05) is 7.11 Å². The van der Waals surface area contributed by atoms with Crippen molar-refractivity contribution in [3.63, 3.8) is 0 Å². The fourth-order valence-corrected chi connectivity index (χ4v) is 2.54. The number of hydrogen-bond donors (Lipinski definition) is 1. The van der Waals surface area contributed by atoms with E-state index in [2.05, 4.69) is 4.98 Å². The molecule has 0 fully saturated rings. The van der Waals surface area contributed by atoms with Crippen LogP contribution in [0.5, 0.6) is 11.5 Å². The van der Waals surface area contributed by atoms with Gasteiger partial charge in [0.05, 0.1) is 23.7 Å². The first-order chi connectivity index (χ1) is 12.0. The highest BCUT2D eigenvalue weighted by atomic mass is 19.3. The Hall–Kier alpha value is -3.40. The normalized spacial score (nSPS) is 11.7. The van der Waals surface area contributed by atoms with Gasteiger partial charge in [-0.2, -0.15) is 14.0 Å². The number of phenols is 1. The highest BCUT2D eigenvalue weighted by molar-refractivity contribution is 5.91. The standard InChI is InChI=1S/C18H13F2N3O2/c1-25-16-7-6-11(9-15(16)24)8-12(10-21)17-22-13-4-2-3-5-14(13)23(17)18(19)20/h2-9,18,24H,1H3. The van der Waals surface area contributed by atoms with Gasteiger partial charge in [-0.15, -0.1) is 0 Å². The summed E-state index contributed by atoms with van der Waals surface area (Å²) in [7, 11) is 1.41. The van der Waals surface area contributed by atoms with Crippen LogP contribution in [0.4, 0.5) is 8.78 Å². The number of aromatic hydroxyl groups is 1. The number of aromatic nitrogens is 2. The van der Waals surface area contributed by atoms with Crippen LogP contribution >= 0.6 is 0 Å². The van der Waals surface area contributed by atoms with Crippen LogP contribution < -0.4 is 4.74 Å². The predicted molar refractivity (Wildman–Crippen MR) is 89.1 cm³/mol. The molecule has 0 radical (unpaired) electrons. The minimum absolute atomic E-state index is 0.0407. The number of nitriles is 1. The van der Waals surface area contributed by atoms with Crippen molar-refractivity contribution < 1.29 is 18.6 Å². The van der Waals surface area contributed by atoms with Gasteiger partial charge in [0.25, 0.3) is 0 Å². The summed E-state index contributed by atoms with van der Waals surface area (Å²) in [4.78, 5) is 4.16. The molecule has 2 aromatic carbocycles. The Morgan fingerprint density at radius 2 is 2.08 bits per heavy atom. The van der Waals surface area contributed by atoms with Crippen molar-refractivity contribution in [2.45, 2.75) is 6.55 Å². The number of para-hydroxylation sites is 2. The second-order valence-corrected chi connectivity index (χ2v) is 5.17. The summed E-state index contributed by atoms with van der Waals surface area (Å²) >= 11 is 0. The molecule has 0 saturated carbocycles. The van der Waals surface area contributed by atoms with Crippen LogP contribution in [0.25, 0.3) is 22.7 Å². The van der Waals surface area contributed by atoms with Gasteiger partial charge in [0.1, 0.15) is 6.07 Å². The first kappa shape index (κ1) is 16.5. The van der Waals surface area contributed by atoms with E-state index in [9.17, 15) is 19.1 Å². The number of fused-ring (bicyclic) bond motifs is 1. The highest BCUT2D eigenvalue weighted by Crippen LogP contribution is 2.30. The Kier molecular flexibility index (Phi) is 4.35. The van der Waals surface area contributed by atoms with Crippen LogP contribution in [-0.2, 0) is 0 Å². The van der Waals surface area contributed by atoms with E-state index < -0.39 is 6.55 Å². The number of hydrogen-bond acceptors (Lipinski definition) is 4. The Bertz CT molecular complexity index is 1000. The molecule has 1 heterocycles. The summed E-state index contributed by atoms with van der Waals surface area (Å²) in [5.74, 6) is 0.0281. The Morgan fingerprint density at radius 1 is 1.32 bits per heavy atom. The lowest BCUT2D eigenvalue weighted by Gasteiger charge is -2.07. The zero-order valence-electron chi connectivity index (χ0n) is 13.1. The summed E-state index contributed by atoms with van der Waals surface area (Å²) < 4.78 is 32.7. The number of imidazole rings is 1. The molecule has 1 aromatic heterocycles. The van der Waals surface area contributed by atoms with E-state index in [0.29, 0.717) is 15.6 Å². The lowest BCUT2D eigenvalue weighted by molar-refractivity contribution is 0.0738. The molecule has 0 aliphatic heterocycles. The maximum Gasteiger partial charge on any atom is 0.320 e. The van der Waals surface area contributed by atoms with Crippen LogP contribution in [0, 0.1) is 11.3 Å². The Morgan fingerprint density at radius 3 is 2.72 bits per heavy atom. The summed E-state index contributed by atoms with van der Waals surface area (Å²) in [5, 5.41) is 19.3. The number of nitrogens with zero attached hydrogens (tertiary/aromatic N) is 3. The molecule has 0 aliphatic rings. The minimum atomic E-state index is -2.84. The number of halogens is 2. The number of ether oxygens (including phenoxy) is 1. The average Bonchev–Trinajstić information content (AvgIpc) is 2.99. The minimum Gasteiger partial charge on any atom is -0.504 e. The predicted octanol–water partition coefficient (Wildman–Crippen LogP) is 4.21. The zero-order chi connectivity index (χ0) is 18.0. The van der Waals surface area contributed by atoms with Gasteiger partial charge in [0.2, 0.25) is 0 Å². The van der Waals surface area contributed by atoms with E-state index in [-0.39, 0.29) is 28.4 Å². The van der Waals surface area contributed by atoms with E-state index in [4.69, 9.17) is 4.74 Å². The first-order valence-electron chi connectivity index (χ1n) is 7.29. The molecule has 0 unspecified atom stereocenters. The molecule has 0 amide bonds. The molecule has 7 heteroatoms. The first-order valence-corrected chi connectivity index (χ1v) is 7.29. The van der Waals surface area contributed by atoms with Gasteiger partial charge < -0.3 is 9.84 Å². The summed E-state index contributed by atoms with van der Waals surface area (Å²) in [6.07, 6.45) is 1.39. The van der Waals surface area contributed by atoms with Gasteiger partial charge in [-0.3, -0.25) is 4.57 Å². The third-order valence-corrected chi connectivity index (χ3v) is 3.67. The second kappa shape index (κ2) is 6.61. The van der Waals surface area contributed by atoms with E-state index in [1.807, 2.05) is 6.07 Å². The quantitative estimate of drug-likeness (QED) is 0.722. The van der Waals surface area contributed by atoms with Crippen LogP contribution in [0.3, 0.4) is 0 Å². The summed E-state index contributed by atoms with van der Waals surface area (Å²) in [5.41, 5.74) is 1.03. The van der Waals surface area contributed by atoms with Gasteiger partial charge in [0, 0.05) is 0 Å². The van der Waals surface area contributed by atoms with Crippen molar-refractivity contribution in [1.82, 2.24) is 9.55 Å². The number of benzene rings is 2. The highest BCUT2D eigenvalue weighted by Gasteiger charge is 2.20. The van der Waals surface area contributed by atoms with Crippen molar-refractivity contribution in [1.29, 1.82) is 5.26 Å². The zero-order valence-corrected chi connectivity index (χ0v) is 13.1. The molecule has 126 valence electrons. The molecule has 3 rings (SSSR count). The van der Waals surface area contributed by atoms with Crippen molar-refractivity contribution >= 4 is 22.7 Å². The van der Waals surface area contributed by atoms with Crippen LogP contribution in [0.2, 0.25) is 0 Å². The van der Waals surface area contributed by atoms with Crippen molar-refractivity contribution in [3.05, 3.63) is 53.9 Å². The summed E-state index contributed by atoms with van der Waals surface area (Å²) in [6.45, 7) is -2.84. The summed E-state index contributed by atoms with van der Waals surface area (Å²) in [6, 6.07) is 12.8. The monoisotopic (exact) mass is 341 g/mol. The second-order valence-electron chi connectivity index (χ2n) is 5.17. The van der Waals surface area contributed by atoms with E-state index in [0.717, 1.165) is 0 Å². The number of rotatable bonds is 4. The molecule has 1 N–H and O–H groups in total. The van der Waals surface area contributed by atoms with Crippen molar-refractivity contribution in [3.8, 4) is 17.6 Å². The lowest BCUT2D eigenvalue weighted by Crippen LogP contribution is -2.03. The van der Waals surface area contributed by atoms with E-state index in [1.165, 1.54) is 31.4 Å². The van der Waals surface area contributed by atoms with Gasteiger partial charge in [-0.1, -0.05) is 18.2 Å². The molecule has 0 aliphatic carbocycles. The van der Waals surface area contributed by atoms with Crippen LogP contribution in [0.1, 0.15) is 17.9 Å². The average molecular weight is 341 g/mol. The van der Waals surface area contributed by atoms with Gasteiger partial charge >= 0.3 is 6.55 Å². The Balaban J connectivity index is 2.16. The number of allylic oxidation sites excluding steroid dienone is 1. The lowest BCUT2D eigenvalue weighted by atomic mass is 10.1. The fourth-order valence-electron chi connectivity index (χ4n) is 2.54. The van der Waals surface area contributed by atoms with Crippen LogP contribution in [0.15, 0.2) is 42.5 Å². The molecule has 3 aromatic rings. The third-order valence-electron chi connectivity index (χ3n) is 3.67. The maximum absolute atomic E-state index is 13.5. The third kappa shape index (κ3) is 3.02. The van der Waals surface area contributed by atoms with Gasteiger partial charge in [0.15, 0.2) is 17.3 Å². The molecular weight excluding hydrogens is 328 g/mol. The van der Waals surface area contributed by atoms with E-state index in [1.54, 1.807) is 24.3 Å². The molecule has 5 nitrogen and oxygen atoms in total. The molecule has 0 atom stereocenters. The molecule has 25 heavy (non-hydrogen) atoms. The number of methoxy groups -OCH3 is 1. The van der Waals surface area contributed by atoms with E-state index >= 15 is 0 Å². The smallest absolute Gasteiger partial charge is 0.320 e. The molecule has 0 saturated heterocycles. The van der Waals surface area contributed by atoms with Crippen molar-refractivity contribution in [2.24, 2.45) is 0 Å². The van der Waals surface area contributed by atoms with Gasteiger partial charge in [-0.05, 0) is 35.9 Å². The number of phenolic OH excluding ortho intramolecular Hbond substituents is 1. The maximum atomic E-state index is 13.5. The number of alkyl halides is 2. The molecule has 0 bridgehead atoms. The molecule has 0 spiro atoms. The SMILES string of the molecule is COc1ccc(C=C(C#N)c2nc3ccccc3n2C(F)F)cc1O. The van der Waals surface area contributed by atoms with Gasteiger partial charge in [-0.25, -0.2) is 4.98 Å². The molecular formula is C18H13F2N3O2. The Labute approximate surface area is 142 Å².